The molecule has 1 heterocycles. The second kappa shape index (κ2) is 8.40. The van der Waals surface area contributed by atoms with Crippen molar-refractivity contribution in [2.75, 3.05) is 4.90 Å². The van der Waals surface area contributed by atoms with Gasteiger partial charge in [-0.15, -0.1) is 0 Å². The molecule has 6 aromatic carbocycles. The Kier molecular flexibility index (Phi) is 4.78. The third-order valence-corrected chi connectivity index (χ3v) is 6.70. The number of nitrogens with zero attached hydrogens (tertiary/aromatic N) is 2. The number of hydrogen-bond acceptors (Lipinski definition) is 3. The van der Waals surface area contributed by atoms with E-state index in [1.807, 2.05) is 36.4 Å². The topological polar surface area (TPSA) is 29.3 Å². The van der Waals surface area contributed by atoms with Gasteiger partial charge in [0.25, 0.3) is 0 Å². The number of hydrogen-bond donors (Lipinski definition) is 0. The standard InChI is InChI=1S/C33H22N2O/c1-2-12-26(13-3-1)35(33-34-31-22-19-24-10-5-7-15-30(24)32(31)36-33)27-20-17-25(18-21-27)29-16-8-11-23-9-4-6-14-28(23)29/h1-22H. The minimum atomic E-state index is 0.547. The van der Waals surface area contributed by atoms with E-state index in [0.29, 0.717) is 6.01 Å². The molecule has 0 radical (unpaired) electrons. The SMILES string of the molecule is c1ccc(N(c2ccc(-c3cccc4ccccc34)cc2)c2nc3ccc4ccccc4c3o2)cc1. The molecule has 0 amide bonds. The first kappa shape index (κ1) is 20.5. The van der Waals surface area contributed by atoms with Gasteiger partial charge in [-0.25, -0.2) is 0 Å². The van der Waals surface area contributed by atoms with Crippen LogP contribution >= 0.6 is 0 Å². The first-order chi connectivity index (χ1) is 17.8. The first-order valence-electron chi connectivity index (χ1n) is 12.1. The molecule has 0 fully saturated rings. The van der Waals surface area contributed by atoms with Crippen LogP contribution in [0.4, 0.5) is 17.4 Å². The Labute approximate surface area is 208 Å². The Morgan fingerprint density at radius 2 is 1.14 bits per heavy atom. The number of benzene rings is 6. The van der Waals surface area contributed by atoms with Crippen LogP contribution in [0.5, 0.6) is 0 Å². The van der Waals surface area contributed by atoms with Crippen LogP contribution in [0.15, 0.2) is 138 Å². The van der Waals surface area contributed by atoms with Crippen LogP contribution in [-0.4, -0.2) is 4.98 Å². The summed E-state index contributed by atoms with van der Waals surface area (Å²) in [5.74, 6) is 0. The summed E-state index contributed by atoms with van der Waals surface area (Å²) in [7, 11) is 0. The van der Waals surface area contributed by atoms with Gasteiger partial charge in [0.15, 0.2) is 5.58 Å². The fourth-order valence-corrected chi connectivity index (χ4v) is 4.95. The summed E-state index contributed by atoms with van der Waals surface area (Å²) in [5.41, 5.74) is 6.02. The van der Waals surface area contributed by atoms with E-state index in [4.69, 9.17) is 9.40 Å². The molecule has 0 N–H and O–H groups in total. The predicted molar refractivity (Wildman–Crippen MR) is 149 cm³/mol. The predicted octanol–water partition coefficient (Wildman–Crippen LogP) is 9.27. The van der Waals surface area contributed by atoms with Gasteiger partial charge in [-0.2, -0.15) is 4.98 Å². The van der Waals surface area contributed by atoms with Gasteiger partial charge in [-0.3, -0.25) is 4.90 Å². The third-order valence-electron chi connectivity index (χ3n) is 6.70. The minimum absolute atomic E-state index is 0.547. The fraction of sp³-hybridized carbons (Fsp3) is 0. The van der Waals surface area contributed by atoms with E-state index in [2.05, 4.69) is 102 Å². The molecular weight excluding hydrogens is 440 g/mol. The zero-order valence-corrected chi connectivity index (χ0v) is 19.5. The Hall–Kier alpha value is -4.89. The van der Waals surface area contributed by atoms with Crippen LogP contribution in [0.1, 0.15) is 0 Å². The van der Waals surface area contributed by atoms with Gasteiger partial charge < -0.3 is 4.42 Å². The maximum absolute atomic E-state index is 6.44. The smallest absolute Gasteiger partial charge is 0.307 e. The molecule has 7 aromatic rings. The number of fused-ring (bicyclic) bond motifs is 4. The molecule has 0 spiro atoms. The first-order valence-corrected chi connectivity index (χ1v) is 12.1. The molecule has 36 heavy (non-hydrogen) atoms. The summed E-state index contributed by atoms with van der Waals surface area (Å²) >= 11 is 0. The van der Waals surface area contributed by atoms with Crippen molar-refractivity contribution in [2.45, 2.75) is 0 Å². The molecule has 1 aromatic heterocycles. The van der Waals surface area contributed by atoms with Crippen molar-refractivity contribution in [3.05, 3.63) is 133 Å². The molecule has 0 saturated carbocycles. The van der Waals surface area contributed by atoms with E-state index >= 15 is 0 Å². The quantitative estimate of drug-likeness (QED) is 0.261. The van der Waals surface area contributed by atoms with Crippen molar-refractivity contribution >= 4 is 50.0 Å². The molecule has 0 aliphatic carbocycles. The van der Waals surface area contributed by atoms with Gasteiger partial charge in [0, 0.05) is 5.39 Å². The maximum atomic E-state index is 6.44. The maximum Gasteiger partial charge on any atom is 0.307 e. The lowest BCUT2D eigenvalue weighted by molar-refractivity contribution is 0.611. The number of oxazole rings is 1. The normalized spacial score (nSPS) is 11.3. The van der Waals surface area contributed by atoms with Gasteiger partial charge in [0.05, 0.1) is 11.4 Å². The lowest BCUT2D eigenvalue weighted by atomic mass is 9.98. The highest BCUT2D eigenvalue weighted by molar-refractivity contribution is 6.03. The summed E-state index contributed by atoms with van der Waals surface area (Å²) in [5, 5.41) is 4.69. The van der Waals surface area contributed by atoms with Gasteiger partial charge in [-0.1, -0.05) is 103 Å². The Morgan fingerprint density at radius 3 is 1.94 bits per heavy atom. The average Bonchev–Trinajstić information content (AvgIpc) is 3.38. The second-order valence-electron chi connectivity index (χ2n) is 8.88. The van der Waals surface area contributed by atoms with Crippen molar-refractivity contribution in [3.63, 3.8) is 0 Å². The fourth-order valence-electron chi connectivity index (χ4n) is 4.95. The zero-order valence-electron chi connectivity index (χ0n) is 19.5. The van der Waals surface area contributed by atoms with E-state index in [9.17, 15) is 0 Å². The van der Waals surface area contributed by atoms with Crippen molar-refractivity contribution in [3.8, 4) is 11.1 Å². The lowest BCUT2D eigenvalue weighted by Crippen LogP contribution is -2.10. The molecule has 0 bridgehead atoms. The van der Waals surface area contributed by atoms with Crippen LogP contribution in [0.25, 0.3) is 43.8 Å². The van der Waals surface area contributed by atoms with E-state index in [1.165, 1.54) is 21.9 Å². The van der Waals surface area contributed by atoms with E-state index in [1.54, 1.807) is 0 Å². The largest absolute Gasteiger partial charge is 0.422 e. The molecule has 0 saturated heterocycles. The molecule has 3 nitrogen and oxygen atoms in total. The Balaban J connectivity index is 1.37. The molecule has 3 heteroatoms. The zero-order chi connectivity index (χ0) is 23.9. The number of para-hydroxylation sites is 1. The monoisotopic (exact) mass is 462 g/mol. The van der Waals surface area contributed by atoms with Crippen molar-refractivity contribution < 1.29 is 4.42 Å². The number of aromatic nitrogens is 1. The molecule has 0 atom stereocenters. The molecule has 7 rings (SSSR count). The number of rotatable bonds is 4. The van der Waals surface area contributed by atoms with Crippen LogP contribution in [0, 0.1) is 0 Å². The van der Waals surface area contributed by atoms with Crippen molar-refractivity contribution in [1.82, 2.24) is 4.98 Å². The van der Waals surface area contributed by atoms with E-state index in [-0.39, 0.29) is 0 Å². The van der Waals surface area contributed by atoms with Crippen molar-refractivity contribution in [1.29, 1.82) is 0 Å². The van der Waals surface area contributed by atoms with Crippen LogP contribution in [0.3, 0.4) is 0 Å². The lowest BCUT2D eigenvalue weighted by Gasteiger charge is -2.21. The highest BCUT2D eigenvalue weighted by Gasteiger charge is 2.19. The second-order valence-corrected chi connectivity index (χ2v) is 8.88. The molecule has 0 aliphatic heterocycles. The Morgan fingerprint density at radius 1 is 0.500 bits per heavy atom. The summed E-state index contributed by atoms with van der Waals surface area (Å²) < 4.78 is 6.44. The summed E-state index contributed by atoms with van der Waals surface area (Å²) in [4.78, 5) is 6.97. The third kappa shape index (κ3) is 3.41. The summed E-state index contributed by atoms with van der Waals surface area (Å²) in [6.07, 6.45) is 0. The molecular formula is C33H22N2O. The minimum Gasteiger partial charge on any atom is -0.422 e. The molecule has 0 unspecified atom stereocenters. The van der Waals surface area contributed by atoms with Crippen LogP contribution < -0.4 is 4.90 Å². The van der Waals surface area contributed by atoms with Gasteiger partial charge in [0.1, 0.15) is 5.52 Å². The van der Waals surface area contributed by atoms with Crippen molar-refractivity contribution in [2.24, 2.45) is 0 Å². The Bertz CT molecular complexity index is 1830. The highest BCUT2D eigenvalue weighted by Crippen LogP contribution is 2.38. The van der Waals surface area contributed by atoms with Gasteiger partial charge >= 0.3 is 6.01 Å². The number of anilines is 3. The molecule has 0 aliphatic rings. The molecule has 170 valence electrons. The van der Waals surface area contributed by atoms with E-state index in [0.717, 1.165) is 33.2 Å². The summed E-state index contributed by atoms with van der Waals surface area (Å²) in [6.45, 7) is 0. The van der Waals surface area contributed by atoms with Crippen LogP contribution in [-0.2, 0) is 0 Å². The van der Waals surface area contributed by atoms with E-state index < -0.39 is 0 Å². The average molecular weight is 463 g/mol. The van der Waals surface area contributed by atoms with Gasteiger partial charge in [0.2, 0.25) is 0 Å². The summed E-state index contributed by atoms with van der Waals surface area (Å²) in [6, 6.07) is 46.7. The highest BCUT2D eigenvalue weighted by atomic mass is 16.4. The van der Waals surface area contributed by atoms with Gasteiger partial charge in [-0.05, 0) is 57.6 Å². The van der Waals surface area contributed by atoms with Crippen LogP contribution in [0.2, 0.25) is 0 Å².